The van der Waals surface area contributed by atoms with Crippen LogP contribution in [0.15, 0.2) is 0 Å². The zero-order chi connectivity index (χ0) is 10.4. The van der Waals surface area contributed by atoms with Crippen LogP contribution in [-0.4, -0.2) is 28.9 Å². The van der Waals surface area contributed by atoms with Gasteiger partial charge in [-0.1, -0.05) is 0 Å². The van der Waals surface area contributed by atoms with E-state index in [-0.39, 0.29) is 18.6 Å². The SMILES string of the molecule is CC(=O)CCC(=O)O[C@@H](C)C(=O)O. The minimum Gasteiger partial charge on any atom is -0.479 e. The maximum atomic E-state index is 10.8. The quantitative estimate of drug-likeness (QED) is 0.630. The number of ether oxygens (including phenoxy) is 1. The van der Waals surface area contributed by atoms with Crippen molar-refractivity contribution in [2.75, 3.05) is 0 Å². The monoisotopic (exact) mass is 188 g/mol. The lowest BCUT2D eigenvalue weighted by atomic mass is 10.2. The molecular formula is C8H12O5. The Morgan fingerprint density at radius 2 is 1.85 bits per heavy atom. The summed E-state index contributed by atoms with van der Waals surface area (Å²) in [5, 5.41) is 8.36. The molecule has 1 N–H and O–H groups in total. The van der Waals surface area contributed by atoms with Gasteiger partial charge in [0, 0.05) is 6.42 Å². The van der Waals surface area contributed by atoms with Crippen LogP contribution in [0.4, 0.5) is 0 Å². The van der Waals surface area contributed by atoms with Crippen molar-refractivity contribution in [1.29, 1.82) is 0 Å². The van der Waals surface area contributed by atoms with Gasteiger partial charge in [0.15, 0.2) is 6.10 Å². The largest absolute Gasteiger partial charge is 0.479 e. The van der Waals surface area contributed by atoms with Gasteiger partial charge in [-0.3, -0.25) is 4.79 Å². The number of carboxylic acid groups (broad SMARTS) is 1. The number of aliphatic carboxylic acids is 1. The van der Waals surface area contributed by atoms with E-state index in [9.17, 15) is 14.4 Å². The first-order valence-corrected chi connectivity index (χ1v) is 3.85. The second kappa shape index (κ2) is 5.29. The predicted octanol–water partition coefficient (Wildman–Crippen LogP) is 0.372. The maximum Gasteiger partial charge on any atom is 0.344 e. The third kappa shape index (κ3) is 5.84. The van der Waals surface area contributed by atoms with E-state index in [1.807, 2.05) is 0 Å². The Labute approximate surface area is 75.7 Å². The van der Waals surface area contributed by atoms with Crippen molar-refractivity contribution in [1.82, 2.24) is 0 Å². The highest BCUT2D eigenvalue weighted by atomic mass is 16.6. The number of Topliss-reactive ketones (excluding diaryl/α,β-unsaturated/α-hetero) is 1. The third-order valence-electron chi connectivity index (χ3n) is 1.34. The Bertz CT molecular complexity index is 221. The Morgan fingerprint density at radius 3 is 2.23 bits per heavy atom. The second-order valence-electron chi connectivity index (χ2n) is 2.67. The number of rotatable bonds is 5. The van der Waals surface area contributed by atoms with E-state index in [1.165, 1.54) is 13.8 Å². The molecule has 74 valence electrons. The van der Waals surface area contributed by atoms with Gasteiger partial charge in [0.1, 0.15) is 5.78 Å². The Kier molecular flexibility index (Phi) is 4.72. The van der Waals surface area contributed by atoms with Crippen molar-refractivity contribution in [3.63, 3.8) is 0 Å². The van der Waals surface area contributed by atoms with Crippen molar-refractivity contribution in [2.45, 2.75) is 32.8 Å². The number of esters is 1. The topological polar surface area (TPSA) is 80.7 Å². The Hall–Kier alpha value is -1.39. The van der Waals surface area contributed by atoms with Crippen LogP contribution in [0.1, 0.15) is 26.7 Å². The molecule has 13 heavy (non-hydrogen) atoms. The van der Waals surface area contributed by atoms with Gasteiger partial charge in [-0.2, -0.15) is 0 Å². The van der Waals surface area contributed by atoms with Gasteiger partial charge in [-0.25, -0.2) is 4.79 Å². The molecule has 0 bridgehead atoms. The zero-order valence-corrected chi connectivity index (χ0v) is 7.57. The number of hydrogen-bond donors (Lipinski definition) is 1. The van der Waals surface area contributed by atoms with E-state index in [4.69, 9.17) is 5.11 Å². The van der Waals surface area contributed by atoms with E-state index in [1.54, 1.807) is 0 Å². The number of carbonyl (C=O) groups excluding carboxylic acids is 2. The fourth-order valence-corrected chi connectivity index (χ4v) is 0.585. The normalized spacial score (nSPS) is 11.8. The first-order chi connectivity index (χ1) is 5.93. The molecule has 0 aliphatic rings. The molecule has 0 amide bonds. The zero-order valence-electron chi connectivity index (χ0n) is 7.57. The molecule has 0 saturated carbocycles. The van der Waals surface area contributed by atoms with Gasteiger partial charge in [0.25, 0.3) is 0 Å². The average molecular weight is 188 g/mol. The first kappa shape index (κ1) is 11.6. The molecule has 0 rings (SSSR count). The molecule has 0 fully saturated rings. The molecule has 5 nitrogen and oxygen atoms in total. The Morgan fingerprint density at radius 1 is 1.31 bits per heavy atom. The van der Waals surface area contributed by atoms with Gasteiger partial charge in [0.05, 0.1) is 6.42 Å². The highest BCUT2D eigenvalue weighted by Crippen LogP contribution is 1.98. The molecular weight excluding hydrogens is 176 g/mol. The fraction of sp³-hybridized carbons (Fsp3) is 0.625. The predicted molar refractivity (Wildman–Crippen MR) is 43.1 cm³/mol. The molecule has 5 heteroatoms. The minimum atomic E-state index is -1.20. The molecule has 0 aromatic rings. The molecule has 0 aromatic carbocycles. The molecule has 1 atom stereocenters. The number of ketones is 1. The molecule has 0 aliphatic heterocycles. The van der Waals surface area contributed by atoms with Crippen LogP contribution in [0.2, 0.25) is 0 Å². The summed E-state index contributed by atoms with van der Waals surface area (Å²) in [6.07, 6.45) is -1.13. The summed E-state index contributed by atoms with van der Waals surface area (Å²) >= 11 is 0. The number of carboxylic acids is 1. The van der Waals surface area contributed by atoms with E-state index in [0.717, 1.165) is 0 Å². The van der Waals surface area contributed by atoms with Crippen molar-refractivity contribution in [3.8, 4) is 0 Å². The maximum absolute atomic E-state index is 10.8. The standard InChI is InChI=1S/C8H12O5/c1-5(9)3-4-7(10)13-6(2)8(11)12/h6H,3-4H2,1-2H3,(H,11,12)/t6-/m0/s1. The lowest BCUT2D eigenvalue weighted by Crippen LogP contribution is -2.23. The van der Waals surface area contributed by atoms with Gasteiger partial charge in [-0.05, 0) is 13.8 Å². The molecule has 0 radical (unpaired) electrons. The van der Waals surface area contributed by atoms with Crippen LogP contribution in [0.3, 0.4) is 0 Å². The summed E-state index contributed by atoms with van der Waals surface area (Å²) in [4.78, 5) is 31.5. The average Bonchev–Trinajstić information content (AvgIpc) is 2.00. The summed E-state index contributed by atoms with van der Waals surface area (Å²) in [5.41, 5.74) is 0. The summed E-state index contributed by atoms with van der Waals surface area (Å²) < 4.78 is 4.47. The van der Waals surface area contributed by atoms with Crippen LogP contribution in [0.5, 0.6) is 0 Å². The lowest BCUT2D eigenvalue weighted by Gasteiger charge is -2.07. The second-order valence-corrected chi connectivity index (χ2v) is 2.67. The summed E-state index contributed by atoms with van der Waals surface area (Å²) in [7, 11) is 0. The summed E-state index contributed by atoms with van der Waals surface area (Å²) in [6.45, 7) is 2.61. The molecule has 0 aromatic heterocycles. The fourth-order valence-electron chi connectivity index (χ4n) is 0.585. The van der Waals surface area contributed by atoms with E-state index in [2.05, 4.69) is 4.74 Å². The van der Waals surface area contributed by atoms with Crippen LogP contribution in [-0.2, 0) is 19.1 Å². The number of hydrogen-bond acceptors (Lipinski definition) is 4. The first-order valence-electron chi connectivity index (χ1n) is 3.85. The van der Waals surface area contributed by atoms with Gasteiger partial charge in [0.2, 0.25) is 0 Å². The smallest absolute Gasteiger partial charge is 0.344 e. The molecule has 0 spiro atoms. The molecule has 0 aliphatic carbocycles. The van der Waals surface area contributed by atoms with Crippen LogP contribution < -0.4 is 0 Å². The van der Waals surface area contributed by atoms with Gasteiger partial charge < -0.3 is 14.6 Å². The van der Waals surface area contributed by atoms with Crippen molar-refractivity contribution in [2.24, 2.45) is 0 Å². The van der Waals surface area contributed by atoms with Crippen LogP contribution in [0, 0.1) is 0 Å². The van der Waals surface area contributed by atoms with Crippen LogP contribution >= 0.6 is 0 Å². The van der Waals surface area contributed by atoms with Gasteiger partial charge in [-0.15, -0.1) is 0 Å². The minimum absolute atomic E-state index is 0.0625. The summed E-state index contributed by atoms with van der Waals surface area (Å²) in [6, 6.07) is 0. The van der Waals surface area contributed by atoms with Crippen LogP contribution in [0.25, 0.3) is 0 Å². The molecule has 0 heterocycles. The van der Waals surface area contributed by atoms with Crippen molar-refractivity contribution in [3.05, 3.63) is 0 Å². The van der Waals surface area contributed by atoms with Crippen molar-refractivity contribution < 1.29 is 24.2 Å². The van der Waals surface area contributed by atoms with Crippen molar-refractivity contribution >= 4 is 17.7 Å². The molecule has 0 unspecified atom stereocenters. The highest BCUT2D eigenvalue weighted by molar-refractivity contribution is 5.82. The van der Waals surface area contributed by atoms with E-state index >= 15 is 0 Å². The molecule has 0 saturated heterocycles. The summed E-state index contributed by atoms with van der Waals surface area (Å²) in [5.74, 6) is -1.98. The lowest BCUT2D eigenvalue weighted by molar-refractivity contribution is -0.162. The Balaban J connectivity index is 3.74. The highest BCUT2D eigenvalue weighted by Gasteiger charge is 2.15. The van der Waals surface area contributed by atoms with E-state index in [0.29, 0.717) is 0 Å². The van der Waals surface area contributed by atoms with Gasteiger partial charge >= 0.3 is 11.9 Å². The third-order valence-corrected chi connectivity index (χ3v) is 1.34. The van der Waals surface area contributed by atoms with E-state index < -0.39 is 18.0 Å². The number of carbonyl (C=O) groups is 3.